The summed E-state index contributed by atoms with van der Waals surface area (Å²) < 4.78 is 2.16. The SMILES string of the molecule is CC(C)N1CCCCC1Cc1cn2c(n1)CC(C(=O)O)CC2. The normalized spacial score (nSPS) is 26.1. The predicted octanol–water partition coefficient (Wildman–Crippen LogP) is 2.34. The summed E-state index contributed by atoms with van der Waals surface area (Å²) in [6, 6.07) is 1.17. The molecule has 5 nitrogen and oxygen atoms in total. The molecule has 2 aliphatic heterocycles. The van der Waals surface area contributed by atoms with Crippen LogP contribution in [0, 0.1) is 5.92 Å². The molecule has 0 bridgehead atoms. The first-order chi connectivity index (χ1) is 10.5. The minimum absolute atomic E-state index is 0.260. The van der Waals surface area contributed by atoms with E-state index in [9.17, 15) is 9.90 Å². The number of aromatic nitrogens is 2. The van der Waals surface area contributed by atoms with Crippen molar-refractivity contribution in [3.05, 3.63) is 17.7 Å². The lowest BCUT2D eigenvalue weighted by Crippen LogP contribution is -2.45. The van der Waals surface area contributed by atoms with Gasteiger partial charge in [0.1, 0.15) is 5.82 Å². The van der Waals surface area contributed by atoms with Crippen molar-refractivity contribution < 1.29 is 9.90 Å². The molecule has 1 N–H and O–H groups in total. The molecular weight excluding hydrogens is 278 g/mol. The van der Waals surface area contributed by atoms with Gasteiger partial charge in [-0.1, -0.05) is 6.42 Å². The summed E-state index contributed by atoms with van der Waals surface area (Å²) in [5.41, 5.74) is 1.14. The lowest BCUT2D eigenvalue weighted by atomic mass is 9.97. The van der Waals surface area contributed by atoms with Crippen molar-refractivity contribution in [2.75, 3.05) is 6.54 Å². The Bertz CT molecular complexity index is 538. The maximum atomic E-state index is 11.2. The van der Waals surface area contributed by atoms with E-state index in [1.165, 1.54) is 25.8 Å². The first kappa shape index (κ1) is 15.5. The first-order valence-electron chi connectivity index (χ1n) is 8.58. The minimum atomic E-state index is -0.686. The number of likely N-dealkylation sites (tertiary alicyclic amines) is 1. The number of nitrogens with zero attached hydrogens (tertiary/aromatic N) is 3. The van der Waals surface area contributed by atoms with Crippen LogP contribution in [0.4, 0.5) is 0 Å². The van der Waals surface area contributed by atoms with Crippen LogP contribution in [-0.4, -0.2) is 44.2 Å². The van der Waals surface area contributed by atoms with Gasteiger partial charge in [0.25, 0.3) is 0 Å². The van der Waals surface area contributed by atoms with Crippen molar-refractivity contribution in [1.82, 2.24) is 14.5 Å². The number of carbonyl (C=O) groups is 1. The van der Waals surface area contributed by atoms with Crippen molar-refractivity contribution in [3.63, 3.8) is 0 Å². The average Bonchev–Trinajstić information content (AvgIpc) is 2.88. The van der Waals surface area contributed by atoms with Gasteiger partial charge < -0.3 is 9.67 Å². The molecule has 2 unspecified atom stereocenters. The molecule has 1 fully saturated rings. The van der Waals surface area contributed by atoms with Crippen LogP contribution in [0.25, 0.3) is 0 Å². The van der Waals surface area contributed by atoms with E-state index in [2.05, 4.69) is 29.5 Å². The highest BCUT2D eigenvalue weighted by Gasteiger charge is 2.28. The number of aliphatic carboxylic acids is 1. The summed E-state index contributed by atoms with van der Waals surface area (Å²) in [7, 11) is 0. The molecule has 1 saturated heterocycles. The lowest BCUT2D eigenvalue weighted by molar-refractivity contribution is -0.142. The first-order valence-corrected chi connectivity index (χ1v) is 8.58. The summed E-state index contributed by atoms with van der Waals surface area (Å²) >= 11 is 0. The standard InChI is InChI=1S/C17H27N3O2/c1-12(2)20-7-4-3-5-15(20)10-14-11-19-8-6-13(17(21)22)9-16(19)18-14/h11-13,15H,3-10H2,1-2H3,(H,21,22). The van der Waals surface area contributed by atoms with Gasteiger partial charge >= 0.3 is 5.97 Å². The van der Waals surface area contributed by atoms with Gasteiger partial charge in [-0.15, -0.1) is 0 Å². The van der Waals surface area contributed by atoms with Crippen molar-refractivity contribution in [2.24, 2.45) is 5.92 Å². The number of hydrogen-bond donors (Lipinski definition) is 1. The Morgan fingerprint density at radius 1 is 1.36 bits per heavy atom. The molecule has 3 heterocycles. The second kappa shape index (κ2) is 6.41. The highest BCUT2D eigenvalue weighted by atomic mass is 16.4. The molecule has 3 rings (SSSR count). The predicted molar refractivity (Wildman–Crippen MR) is 84.9 cm³/mol. The Kier molecular flexibility index (Phi) is 4.52. The molecule has 1 aromatic rings. The Morgan fingerprint density at radius 3 is 2.91 bits per heavy atom. The number of carboxylic acids is 1. The van der Waals surface area contributed by atoms with Gasteiger partial charge in [-0.25, -0.2) is 4.98 Å². The van der Waals surface area contributed by atoms with Crippen molar-refractivity contribution >= 4 is 5.97 Å². The van der Waals surface area contributed by atoms with E-state index in [1.54, 1.807) is 0 Å². The Morgan fingerprint density at radius 2 is 2.18 bits per heavy atom. The van der Waals surface area contributed by atoms with Gasteiger partial charge in [-0.3, -0.25) is 9.69 Å². The Labute approximate surface area is 132 Å². The van der Waals surface area contributed by atoms with Gasteiger partial charge in [0, 0.05) is 37.7 Å². The van der Waals surface area contributed by atoms with Crippen LogP contribution < -0.4 is 0 Å². The molecule has 5 heteroatoms. The lowest BCUT2D eigenvalue weighted by Gasteiger charge is -2.38. The Hall–Kier alpha value is -1.36. The number of piperidine rings is 1. The van der Waals surface area contributed by atoms with Crippen LogP contribution in [-0.2, 0) is 24.2 Å². The number of hydrogen-bond acceptors (Lipinski definition) is 3. The molecule has 0 saturated carbocycles. The van der Waals surface area contributed by atoms with Crippen molar-refractivity contribution in [3.8, 4) is 0 Å². The van der Waals surface area contributed by atoms with E-state index >= 15 is 0 Å². The van der Waals surface area contributed by atoms with Crippen molar-refractivity contribution in [1.29, 1.82) is 0 Å². The van der Waals surface area contributed by atoms with Crippen LogP contribution in [0.15, 0.2) is 6.20 Å². The molecule has 22 heavy (non-hydrogen) atoms. The number of aryl methyl sites for hydroxylation is 1. The zero-order chi connectivity index (χ0) is 15.7. The summed E-state index contributed by atoms with van der Waals surface area (Å²) in [4.78, 5) is 18.5. The highest BCUT2D eigenvalue weighted by molar-refractivity contribution is 5.70. The fourth-order valence-electron chi connectivity index (χ4n) is 3.96. The van der Waals surface area contributed by atoms with Crippen LogP contribution in [0.3, 0.4) is 0 Å². The third-order valence-electron chi connectivity index (χ3n) is 5.19. The van der Waals surface area contributed by atoms with E-state index in [1.807, 2.05) is 0 Å². The smallest absolute Gasteiger partial charge is 0.307 e. The van der Waals surface area contributed by atoms with Gasteiger partial charge in [-0.05, 0) is 39.7 Å². The molecule has 1 aromatic heterocycles. The molecule has 0 aliphatic carbocycles. The third kappa shape index (κ3) is 3.19. The van der Waals surface area contributed by atoms with Crippen LogP contribution >= 0.6 is 0 Å². The van der Waals surface area contributed by atoms with E-state index in [0.717, 1.165) is 30.9 Å². The van der Waals surface area contributed by atoms with Crippen LogP contribution in [0.1, 0.15) is 51.0 Å². The van der Waals surface area contributed by atoms with Gasteiger partial charge in [-0.2, -0.15) is 0 Å². The molecule has 122 valence electrons. The zero-order valence-electron chi connectivity index (χ0n) is 13.7. The third-order valence-corrected chi connectivity index (χ3v) is 5.19. The molecule has 2 atom stereocenters. The fraction of sp³-hybridized carbons (Fsp3) is 0.765. The second-order valence-corrected chi connectivity index (χ2v) is 7.06. The maximum absolute atomic E-state index is 11.2. The van der Waals surface area contributed by atoms with Gasteiger partial charge in [0.05, 0.1) is 11.6 Å². The zero-order valence-corrected chi connectivity index (χ0v) is 13.7. The molecule has 0 amide bonds. The van der Waals surface area contributed by atoms with E-state index < -0.39 is 5.97 Å². The summed E-state index contributed by atoms with van der Waals surface area (Å²) in [5, 5.41) is 9.18. The van der Waals surface area contributed by atoms with Crippen LogP contribution in [0.5, 0.6) is 0 Å². The fourth-order valence-corrected chi connectivity index (χ4v) is 3.96. The number of fused-ring (bicyclic) bond motifs is 1. The van der Waals surface area contributed by atoms with Gasteiger partial charge in [0.15, 0.2) is 0 Å². The van der Waals surface area contributed by atoms with E-state index in [4.69, 9.17) is 4.98 Å². The molecule has 2 aliphatic rings. The van der Waals surface area contributed by atoms with Crippen molar-refractivity contribution in [2.45, 2.75) is 71.0 Å². The van der Waals surface area contributed by atoms with E-state index in [0.29, 0.717) is 18.5 Å². The highest BCUT2D eigenvalue weighted by Crippen LogP contribution is 2.25. The van der Waals surface area contributed by atoms with Crippen LogP contribution in [0.2, 0.25) is 0 Å². The maximum Gasteiger partial charge on any atom is 0.307 e. The summed E-state index contributed by atoms with van der Waals surface area (Å²) in [6.07, 6.45) is 8.30. The second-order valence-electron chi connectivity index (χ2n) is 7.06. The summed E-state index contributed by atoms with van der Waals surface area (Å²) in [5.74, 6) is 0.0132. The Balaban J connectivity index is 1.70. The number of imidazole rings is 1. The minimum Gasteiger partial charge on any atom is -0.481 e. The number of rotatable bonds is 4. The quantitative estimate of drug-likeness (QED) is 0.927. The molecular formula is C17H27N3O2. The van der Waals surface area contributed by atoms with Gasteiger partial charge in [0.2, 0.25) is 0 Å². The topological polar surface area (TPSA) is 58.4 Å². The molecule has 0 spiro atoms. The summed E-state index contributed by atoms with van der Waals surface area (Å²) in [6.45, 7) is 6.52. The monoisotopic (exact) mass is 305 g/mol. The number of carboxylic acid groups (broad SMARTS) is 1. The average molecular weight is 305 g/mol. The van der Waals surface area contributed by atoms with E-state index in [-0.39, 0.29) is 5.92 Å². The molecule has 0 radical (unpaired) electrons. The largest absolute Gasteiger partial charge is 0.481 e. The molecule has 0 aromatic carbocycles.